The first-order chi connectivity index (χ1) is 8.79. The van der Waals surface area contributed by atoms with Gasteiger partial charge in [0.15, 0.2) is 0 Å². The van der Waals surface area contributed by atoms with Crippen LogP contribution < -0.4 is 10.2 Å². The summed E-state index contributed by atoms with van der Waals surface area (Å²) in [7, 11) is 0.504. The van der Waals surface area contributed by atoms with Crippen LogP contribution in [0.15, 0.2) is 18.2 Å². The van der Waals surface area contributed by atoms with Crippen molar-refractivity contribution in [3.63, 3.8) is 0 Å². The highest BCUT2D eigenvalue weighted by molar-refractivity contribution is 6.47. The fourth-order valence-corrected chi connectivity index (χ4v) is 1.94. The third-order valence-corrected chi connectivity index (χ3v) is 4.05. The van der Waals surface area contributed by atoms with E-state index in [-0.39, 0.29) is 0 Å². The fourth-order valence-electron chi connectivity index (χ4n) is 1.94. The number of hydrogen-bond donors (Lipinski definition) is 1. The molecule has 0 unspecified atom stereocenters. The van der Waals surface area contributed by atoms with E-state index in [4.69, 9.17) is 9.39 Å². The van der Waals surface area contributed by atoms with E-state index >= 15 is 0 Å². The van der Waals surface area contributed by atoms with E-state index in [1.54, 1.807) is 13.8 Å². The Morgan fingerprint density at radius 3 is 2.68 bits per heavy atom. The highest BCUT2D eigenvalue weighted by Gasteiger charge is 2.35. The molecule has 0 amide bonds. The Kier molecular flexibility index (Phi) is 3.93. The zero-order valence-corrected chi connectivity index (χ0v) is 12.3. The molecule has 1 heterocycles. The molecule has 0 saturated heterocycles. The van der Waals surface area contributed by atoms with Gasteiger partial charge in [-0.05, 0) is 52.2 Å². The van der Waals surface area contributed by atoms with Crippen LogP contribution in [-0.2, 0) is 11.1 Å². The summed E-state index contributed by atoms with van der Waals surface area (Å²) >= 11 is 0. The van der Waals surface area contributed by atoms with Crippen LogP contribution in [-0.4, -0.2) is 30.4 Å². The minimum absolute atomic E-state index is 0.504. The largest absolute Gasteiger partial charge is 0.493 e. The summed E-state index contributed by atoms with van der Waals surface area (Å²) in [6.07, 6.45) is 2.14. The Morgan fingerprint density at radius 2 is 2.00 bits per heavy atom. The van der Waals surface area contributed by atoms with Crippen LogP contribution in [0.4, 0.5) is 0 Å². The molecule has 0 aliphatic carbocycles. The first-order valence-corrected chi connectivity index (χ1v) is 6.90. The molecule has 0 fully saturated rings. The number of benzene rings is 1. The lowest BCUT2D eigenvalue weighted by atomic mass is 9.81. The third kappa shape index (κ3) is 3.31. The number of aryl methyl sites for hydroxylation is 1. The summed E-state index contributed by atoms with van der Waals surface area (Å²) in [6, 6.07) is 6.20. The molecule has 1 aromatic carbocycles. The molecular weight excluding hydrogens is 239 g/mol. The van der Waals surface area contributed by atoms with Gasteiger partial charge in [-0.25, -0.2) is 0 Å². The Morgan fingerprint density at radius 1 is 1.26 bits per heavy atom. The van der Waals surface area contributed by atoms with Gasteiger partial charge in [-0.15, -0.1) is 0 Å². The predicted octanol–water partition coefficient (Wildman–Crippen LogP) is 1.55. The lowest BCUT2D eigenvalue weighted by Gasteiger charge is -2.37. The maximum Gasteiger partial charge on any atom is 0.309 e. The van der Waals surface area contributed by atoms with Gasteiger partial charge in [-0.3, -0.25) is 0 Å². The van der Waals surface area contributed by atoms with E-state index < -0.39 is 11.2 Å². The van der Waals surface area contributed by atoms with Gasteiger partial charge in [-0.2, -0.15) is 0 Å². The molecule has 0 spiro atoms. The molecule has 0 bridgehead atoms. The Hall–Kier alpha value is -0.995. The van der Waals surface area contributed by atoms with E-state index in [9.17, 15) is 5.11 Å². The molecule has 0 radical (unpaired) electrons. The van der Waals surface area contributed by atoms with E-state index in [0.29, 0.717) is 7.48 Å². The first kappa shape index (κ1) is 14.4. The second kappa shape index (κ2) is 5.18. The summed E-state index contributed by atoms with van der Waals surface area (Å²) in [5.74, 6) is 0.997. The van der Waals surface area contributed by atoms with Gasteiger partial charge in [0.1, 0.15) is 5.75 Å². The monoisotopic (exact) mass is 262 g/mol. The third-order valence-electron chi connectivity index (χ3n) is 4.05. The van der Waals surface area contributed by atoms with E-state index in [2.05, 4.69) is 6.07 Å². The maximum absolute atomic E-state index is 10.1. The van der Waals surface area contributed by atoms with Crippen molar-refractivity contribution in [1.82, 2.24) is 0 Å². The minimum atomic E-state index is -0.871. The van der Waals surface area contributed by atoms with E-state index in [1.807, 2.05) is 26.0 Å². The van der Waals surface area contributed by atoms with Crippen LogP contribution in [0.5, 0.6) is 5.75 Å². The minimum Gasteiger partial charge on any atom is -0.493 e. The van der Waals surface area contributed by atoms with Crippen LogP contribution in [0.3, 0.4) is 0 Å². The van der Waals surface area contributed by atoms with Crippen LogP contribution in [0, 0.1) is 0 Å². The molecule has 1 N–H and O–H groups in total. The molecule has 4 heteroatoms. The average molecular weight is 262 g/mol. The van der Waals surface area contributed by atoms with Crippen molar-refractivity contribution in [2.24, 2.45) is 0 Å². The molecule has 3 nitrogen and oxygen atoms in total. The van der Waals surface area contributed by atoms with Gasteiger partial charge in [0, 0.05) is 0 Å². The SMILES string of the molecule is CC(C)(O)C(C)(C)OBc1ccc2c(c1)CCCO2. The Balaban J connectivity index is 2.04. The Labute approximate surface area is 116 Å². The zero-order valence-electron chi connectivity index (χ0n) is 12.3. The standard InChI is InChI=1S/C15H23BO3/c1-14(2,17)15(3,4)19-16-12-7-8-13-11(10-12)6-5-9-18-13/h7-8,10,16-17H,5-6,9H2,1-4H3. The molecule has 0 saturated carbocycles. The maximum atomic E-state index is 10.1. The summed E-state index contributed by atoms with van der Waals surface area (Å²) < 4.78 is 11.5. The first-order valence-electron chi connectivity index (χ1n) is 6.90. The molecule has 0 atom stereocenters. The van der Waals surface area contributed by atoms with Crippen LogP contribution >= 0.6 is 0 Å². The number of aliphatic hydroxyl groups is 1. The summed E-state index contributed by atoms with van der Waals surface area (Å²) in [5.41, 5.74) is 0.930. The van der Waals surface area contributed by atoms with Crippen molar-refractivity contribution < 1.29 is 14.5 Å². The molecule has 19 heavy (non-hydrogen) atoms. The molecule has 1 aliphatic heterocycles. The fraction of sp³-hybridized carbons (Fsp3) is 0.600. The average Bonchev–Trinajstić information content (AvgIpc) is 2.35. The van der Waals surface area contributed by atoms with Crippen molar-refractivity contribution >= 4 is 12.9 Å². The summed E-state index contributed by atoms with van der Waals surface area (Å²) in [4.78, 5) is 0. The summed E-state index contributed by atoms with van der Waals surface area (Å²) in [5, 5.41) is 10.1. The van der Waals surface area contributed by atoms with Crippen molar-refractivity contribution in [3.8, 4) is 5.75 Å². The van der Waals surface area contributed by atoms with Crippen LogP contribution in [0.2, 0.25) is 0 Å². The lowest BCUT2D eigenvalue weighted by molar-refractivity contribution is -0.0893. The molecule has 104 valence electrons. The zero-order chi connectivity index (χ0) is 14.1. The van der Waals surface area contributed by atoms with Crippen molar-refractivity contribution in [2.45, 2.75) is 51.7 Å². The van der Waals surface area contributed by atoms with Crippen LogP contribution in [0.25, 0.3) is 0 Å². The van der Waals surface area contributed by atoms with Gasteiger partial charge in [0.05, 0.1) is 17.8 Å². The summed E-state index contributed by atoms with van der Waals surface area (Å²) in [6.45, 7) is 8.18. The molecule has 2 rings (SSSR count). The van der Waals surface area contributed by atoms with Gasteiger partial charge in [-0.1, -0.05) is 17.6 Å². The smallest absolute Gasteiger partial charge is 0.309 e. The normalized spacial score (nSPS) is 15.6. The Bertz CT molecular complexity index is 449. The quantitative estimate of drug-likeness (QED) is 0.837. The van der Waals surface area contributed by atoms with Gasteiger partial charge in [0.2, 0.25) is 0 Å². The molecular formula is C15H23BO3. The topological polar surface area (TPSA) is 38.7 Å². The van der Waals surface area contributed by atoms with Crippen LogP contribution in [0.1, 0.15) is 39.7 Å². The van der Waals surface area contributed by atoms with Gasteiger partial charge >= 0.3 is 7.48 Å². The van der Waals surface area contributed by atoms with Gasteiger partial charge in [0.25, 0.3) is 0 Å². The second-order valence-electron chi connectivity index (χ2n) is 6.25. The lowest BCUT2D eigenvalue weighted by Crippen LogP contribution is -2.49. The number of ether oxygens (including phenoxy) is 1. The predicted molar refractivity (Wildman–Crippen MR) is 78.5 cm³/mol. The molecule has 0 aromatic heterocycles. The number of fused-ring (bicyclic) bond motifs is 1. The van der Waals surface area contributed by atoms with Crippen molar-refractivity contribution in [1.29, 1.82) is 0 Å². The van der Waals surface area contributed by atoms with E-state index in [1.165, 1.54) is 5.56 Å². The second-order valence-corrected chi connectivity index (χ2v) is 6.25. The van der Waals surface area contributed by atoms with Crippen molar-refractivity contribution in [2.75, 3.05) is 6.61 Å². The molecule has 1 aromatic rings. The molecule has 1 aliphatic rings. The number of rotatable bonds is 4. The van der Waals surface area contributed by atoms with Crippen molar-refractivity contribution in [3.05, 3.63) is 23.8 Å². The highest BCUT2D eigenvalue weighted by Crippen LogP contribution is 2.25. The van der Waals surface area contributed by atoms with Gasteiger partial charge < -0.3 is 14.5 Å². The number of hydrogen-bond acceptors (Lipinski definition) is 3. The highest BCUT2D eigenvalue weighted by atomic mass is 16.5. The van der Waals surface area contributed by atoms with E-state index in [0.717, 1.165) is 30.7 Å².